The number of hydrogen-bond acceptors (Lipinski definition) is 1. The molecule has 14 heavy (non-hydrogen) atoms. The van der Waals surface area contributed by atoms with Gasteiger partial charge in [-0.3, -0.25) is 0 Å². The first-order valence-electron chi connectivity index (χ1n) is 4.32. The number of benzene rings is 1. The summed E-state index contributed by atoms with van der Waals surface area (Å²) in [5.74, 6) is -0.190. The molecular weight excluding hydrogens is 195 g/mol. The first-order chi connectivity index (χ1) is 6.69. The summed E-state index contributed by atoms with van der Waals surface area (Å²) in [4.78, 5) is 1.11. The van der Waals surface area contributed by atoms with Gasteiger partial charge in [0, 0.05) is 4.91 Å². The molecule has 0 aliphatic heterocycles. The third-order valence-electron chi connectivity index (χ3n) is 1.94. The van der Waals surface area contributed by atoms with Gasteiger partial charge in [-0.05, 0) is 42.5 Å². The van der Waals surface area contributed by atoms with Crippen molar-refractivity contribution >= 4 is 16.7 Å². The van der Waals surface area contributed by atoms with Gasteiger partial charge in [-0.1, -0.05) is 18.7 Å². The molecule has 1 rings (SSSR count). The van der Waals surface area contributed by atoms with Crippen molar-refractivity contribution in [3.63, 3.8) is 0 Å². The molecule has 0 atom stereocenters. The zero-order valence-electron chi connectivity index (χ0n) is 8.38. The highest BCUT2D eigenvalue weighted by Crippen LogP contribution is 2.28. The quantitative estimate of drug-likeness (QED) is 0.676. The van der Waals surface area contributed by atoms with Gasteiger partial charge in [-0.15, -0.1) is 11.8 Å². The number of rotatable bonds is 3. The monoisotopic (exact) mass is 208 g/mol. The van der Waals surface area contributed by atoms with Crippen LogP contribution in [-0.4, -0.2) is 6.26 Å². The molecule has 0 spiro atoms. The second kappa shape index (κ2) is 5.01. The molecular formula is C12H13FS. The van der Waals surface area contributed by atoms with Crippen molar-refractivity contribution in [3.8, 4) is 0 Å². The van der Waals surface area contributed by atoms with Crippen molar-refractivity contribution in [2.45, 2.75) is 6.92 Å². The van der Waals surface area contributed by atoms with Gasteiger partial charge in [0.2, 0.25) is 0 Å². The van der Waals surface area contributed by atoms with Crippen LogP contribution in [0.4, 0.5) is 4.39 Å². The molecule has 0 heterocycles. The molecule has 0 radical (unpaired) electrons. The van der Waals surface area contributed by atoms with E-state index in [-0.39, 0.29) is 5.82 Å². The van der Waals surface area contributed by atoms with E-state index in [1.54, 1.807) is 30.0 Å². The molecule has 0 nitrogen and oxygen atoms in total. The molecule has 0 amide bonds. The predicted octanol–water partition coefficient (Wildman–Crippen LogP) is 4.02. The van der Waals surface area contributed by atoms with Crippen LogP contribution in [-0.2, 0) is 0 Å². The van der Waals surface area contributed by atoms with Crippen LogP contribution >= 0.6 is 11.8 Å². The Balaban J connectivity index is 3.17. The minimum atomic E-state index is -0.190. The number of halogens is 1. The molecule has 1 aromatic rings. The molecule has 0 saturated carbocycles. The fourth-order valence-electron chi connectivity index (χ4n) is 1.28. The fraction of sp³-hybridized carbons (Fsp3) is 0.167. The lowest BCUT2D eigenvalue weighted by molar-refractivity contribution is 0.626. The second-order valence-corrected chi connectivity index (χ2v) is 3.78. The summed E-state index contributed by atoms with van der Waals surface area (Å²) in [5.41, 5.74) is 2.02. The summed E-state index contributed by atoms with van der Waals surface area (Å²) in [6.07, 6.45) is 5.68. The molecule has 0 saturated heterocycles. The van der Waals surface area contributed by atoms with Gasteiger partial charge in [0.1, 0.15) is 5.82 Å². The normalized spacial score (nSPS) is 11.5. The fourth-order valence-corrected chi connectivity index (χ4v) is 1.96. The van der Waals surface area contributed by atoms with E-state index in [0.717, 1.165) is 16.0 Å². The van der Waals surface area contributed by atoms with Crippen molar-refractivity contribution < 1.29 is 4.39 Å². The van der Waals surface area contributed by atoms with Crippen LogP contribution in [0.5, 0.6) is 0 Å². The van der Waals surface area contributed by atoms with E-state index in [4.69, 9.17) is 0 Å². The lowest BCUT2D eigenvalue weighted by Crippen LogP contribution is -1.87. The Morgan fingerprint density at radius 1 is 1.50 bits per heavy atom. The molecule has 0 N–H and O–H groups in total. The van der Waals surface area contributed by atoms with E-state index >= 15 is 0 Å². The first-order valence-corrected chi connectivity index (χ1v) is 5.54. The zero-order chi connectivity index (χ0) is 10.6. The van der Waals surface area contributed by atoms with Crippen molar-refractivity contribution in [1.82, 2.24) is 0 Å². The van der Waals surface area contributed by atoms with Crippen molar-refractivity contribution in [3.05, 3.63) is 53.9 Å². The van der Waals surface area contributed by atoms with Crippen LogP contribution in [0.2, 0.25) is 0 Å². The summed E-state index contributed by atoms with van der Waals surface area (Å²) >= 11 is 1.64. The summed E-state index contributed by atoms with van der Waals surface area (Å²) in [5, 5.41) is 0. The number of thioether (sulfide) groups is 1. The highest BCUT2D eigenvalue weighted by atomic mass is 32.2. The zero-order valence-corrected chi connectivity index (χ0v) is 9.20. The van der Waals surface area contributed by atoms with Crippen LogP contribution in [0.3, 0.4) is 0 Å². The number of hydrogen-bond donors (Lipinski definition) is 0. The summed E-state index contributed by atoms with van der Waals surface area (Å²) in [6, 6.07) is 4.83. The van der Waals surface area contributed by atoms with E-state index in [9.17, 15) is 4.39 Å². The highest BCUT2D eigenvalue weighted by molar-refractivity contribution is 8.07. The van der Waals surface area contributed by atoms with Crippen LogP contribution < -0.4 is 0 Å². The molecule has 0 aliphatic rings. The third-order valence-corrected chi connectivity index (χ3v) is 2.74. The Kier molecular flexibility index (Phi) is 3.96. The molecule has 1 aromatic carbocycles. The summed E-state index contributed by atoms with van der Waals surface area (Å²) in [7, 11) is 0. The van der Waals surface area contributed by atoms with Gasteiger partial charge in [0.05, 0.1) is 0 Å². The van der Waals surface area contributed by atoms with Gasteiger partial charge in [0.25, 0.3) is 0 Å². The van der Waals surface area contributed by atoms with Crippen LogP contribution in [0.1, 0.15) is 11.1 Å². The van der Waals surface area contributed by atoms with Gasteiger partial charge in [-0.25, -0.2) is 4.39 Å². The SMILES string of the molecule is C=C/C=C(\SC)c1ccc(F)cc1C. The first kappa shape index (κ1) is 11.1. The average Bonchev–Trinajstić information content (AvgIpc) is 2.15. The van der Waals surface area contributed by atoms with Gasteiger partial charge in [0.15, 0.2) is 0 Å². The highest BCUT2D eigenvalue weighted by Gasteiger charge is 2.03. The molecule has 2 heteroatoms. The Morgan fingerprint density at radius 3 is 2.71 bits per heavy atom. The maximum atomic E-state index is 12.9. The minimum absolute atomic E-state index is 0.190. The van der Waals surface area contributed by atoms with Crippen LogP contribution in [0.15, 0.2) is 36.9 Å². The smallest absolute Gasteiger partial charge is 0.123 e. The van der Waals surface area contributed by atoms with Crippen LogP contribution in [0.25, 0.3) is 4.91 Å². The summed E-state index contributed by atoms with van der Waals surface area (Å²) < 4.78 is 12.9. The Bertz CT molecular complexity index is 367. The van der Waals surface area contributed by atoms with Gasteiger partial charge >= 0.3 is 0 Å². The van der Waals surface area contributed by atoms with E-state index < -0.39 is 0 Å². The Labute approximate surface area is 88.5 Å². The third kappa shape index (κ3) is 2.48. The van der Waals surface area contributed by atoms with E-state index in [1.165, 1.54) is 6.07 Å². The maximum absolute atomic E-state index is 12.9. The van der Waals surface area contributed by atoms with E-state index in [0.29, 0.717) is 0 Å². The standard InChI is InChI=1S/C12H13FS/c1-4-5-12(14-3)11-7-6-10(13)8-9(11)2/h4-8H,1H2,2-3H3/b12-5-. The number of aryl methyl sites for hydroxylation is 1. The predicted molar refractivity (Wildman–Crippen MR) is 62.8 cm³/mol. The van der Waals surface area contributed by atoms with Crippen molar-refractivity contribution in [1.29, 1.82) is 0 Å². The van der Waals surface area contributed by atoms with Crippen LogP contribution in [0, 0.1) is 12.7 Å². The topological polar surface area (TPSA) is 0 Å². The lowest BCUT2D eigenvalue weighted by atomic mass is 10.1. The average molecular weight is 208 g/mol. The second-order valence-electron chi connectivity index (χ2n) is 2.93. The molecule has 0 fully saturated rings. The van der Waals surface area contributed by atoms with Crippen molar-refractivity contribution in [2.75, 3.05) is 6.26 Å². The minimum Gasteiger partial charge on any atom is -0.207 e. The molecule has 0 aromatic heterocycles. The van der Waals surface area contributed by atoms with Gasteiger partial charge in [-0.2, -0.15) is 0 Å². The largest absolute Gasteiger partial charge is 0.207 e. The lowest BCUT2D eigenvalue weighted by Gasteiger charge is -2.07. The van der Waals surface area contributed by atoms with E-state index in [1.807, 2.05) is 19.3 Å². The summed E-state index contributed by atoms with van der Waals surface area (Å²) in [6.45, 7) is 5.57. The number of allylic oxidation sites excluding steroid dienone is 2. The van der Waals surface area contributed by atoms with Gasteiger partial charge < -0.3 is 0 Å². The Hall–Kier alpha value is -1.02. The Morgan fingerprint density at radius 2 is 2.21 bits per heavy atom. The van der Waals surface area contributed by atoms with Crippen molar-refractivity contribution in [2.24, 2.45) is 0 Å². The van der Waals surface area contributed by atoms with E-state index in [2.05, 4.69) is 6.58 Å². The molecule has 74 valence electrons. The molecule has 0 aliphatic carbocycles. The molecule has 0 bridgehead atoms. The maximum Gasteiger partial charge on any atom is 0.123 e. The molecule has 0 unspecified atom stereocenters.